The van der Waals surface area contributed by atoms with E-state index >= 15 is 0 Å². The number of amides is 1. The summed E-state index contributed by atoms with van der Waals surface area (Å²) in [5, 5.41) is 0. The van der Waals surface area contributed by atoms with Crippen LogP contribution in [-0.2, 0) is 14.3 Å². The van der Waals surface area contributed by atoms with E-state index in [1.165, 1.54) is 0 Å². The Hall–Kier alpha value is -1.63. The highest BCUT2D eigenvalue weighted by molar-refractivity contribution is 5.83. The summed E-state index contributed by atoms with van der Waals surface area (Å²) in [4.78, 5) is 17.8. The van der Waals surface area contributed by atoms with Crippen molar-refractivity contribution in [2.75, 3.05) is 59.7 Å². The lowest BCUT2D eigenvalue weighted by atomic mass is 9.94. The molecule has 1 aromatic carbocycles. The zero-order valence-electron chi connectivity index (χ0n) is 17.5. The van der Waals surface area contributed by atoms with Gasteiger partial charge in [-0.25, -0.2) is 0 Å². The summed E-state index contributed by atoms with van der Waals surface area (Å²) in [7, 11) is 1.65. The molecule has 2 aliphatic heterocycles. The van der Waals surface area contributed by atoms with Crippen LogP contribution in [0.15, 0.2) is 24.3 Å². The molecule has 0 radical (unpaired) electrons. The van der Waals surface area contributed by atoms with E-state index in [2.05, 4.69) is 11.8 Å². The molecule has 1 spiro atoms. The molecule has 0 aliphatic carbocycles. The minimum Gasteiger partial charge on any atom is -0.497 e. The second-order valence-electron chi connectivity index (χ2n) is 7.93. The number of hydrogen-bond donors (Lipinski definition) is 0. The van der Waals surface area contributed by atoms with Crippen molar-refractivity contribution in [3.05, 3.63) is 29.8 Å². The summed E-state index contributed by atoms with van der Waals surface area (Å²) < 4.78 is 17.1. The van der Waals surface area contributed by atoms with Gasteiger partial charge in [0.1, 0.15) is 5.75 Å². The predicted octanol–water partition coefficient (Wildman–Crippen LogP) is 2.53. The number of carbonyl (C=O) groups excluding carboxylic acids is 1. The first-order chi connectivity index (χ1) is 13.6. The highest BCUT2D eigenvalue weighted by atomic mass is 16.5. The molecule has 0 aromatic heterocycles. The molecule has 1 aromatic rings. The number of rotatable bonds is 6. The minimum atomic E-state index is -0.242. The van der Waals surface area contributed by atoms with Crippen LogP contribution < -0.4 is 4.74 Å². The Balaban J connectivity index is 1.77. The van der Waals surface area contributed by atoms with Gasteiger partial charge in [-0.3, -0.25) is 9.69 Å². The van der Waals surface area contributed by atoms with Crippen molar-refractivity contribution in [2.45, 2.75) is 38.1 Å². The number of benzene rings is 1. The lowest BCUT2D eigenvalue weighted by molar-refractivity contribution is -0.137. The highest BCUT2D eigenvalue weighted by Gasteiger charge is 2.44. The molecule has 0 bridgehead atoms. The third kappa shape index (κ3) is 4.67. The van der Waals surface area contributed by atoms with Gasteiger partial charge in [0.15, 0.2) is 0 Å². The molecule has 3 rings (SSSR count). The van der Waals surface area contributed by atoms with Crippen LogP contribution in [0, 0.1) is 0 Å². The smallest absolute Gasteiger partial charge is 0.229 e. The van der Waals surface area contributed by atoms with E-state index in [4.69, 9.17) is 14.2 Å². The largest absolute Gasteiger partial charge is 0.497 e. The monoisotopic (exact) mass is 390 g/mol. The summed E-state index contributed by atoms with van der Waals surface area (Å²) in [6.07, 6.45) is 2.31. The fourth-order valence-corrected chi connectivity index (χ4v) is 4.17. The van der Waals surface area contributed by atoms with Gasteiger partial charge in [0.05, 0.1) is 45.0 Å². The average molecular weight is 391 g/mol. The van der Waals surface area contributed by atoms with E-state index < -0.39 is 0 Å². The van der Waals surface area contributed by atoms with Crippen molar-refractivity contribution >= 4 is 5.91 Å². The van der Waals surface area contributed by atoms with E-state index in [9.17, 15) is 4.79 Å². The van der Waals surface area contributed by atoms with Crippen LogP contribution >= 0.6 is 0 Å². The Labute approximate surface area is 168 Å². The maximum atomic E-state index is 13.4. The molecule has 0 N–H and O–H groups in total. The third-order valence-corrected chi connectivity index (χ3v) is 5.97. The fraction of sp³-hybridized carbons (Fsp3) is 0.682. The molecule has 156 valence electrons. The number of methoxy groups -OCH3 is 1. The van der Waals surface area contributed by atoms with Crippen molar-refractivity contribution in [1.82, 2.24) is 9.80 Å². The molecule has 6 nitrogen and oxygen atoms in total. The molecule has 2 atom stereocenters. The second-order valence-corrected chi connectivity index (χ2v) is 7.93. The lowest BCUT2D eigenvalue weighted by Crippen LogP contribution is -2.64. The summed E-state index contributed by atoms with van der Waals surface area (Å²) in [5.41, 5.74) is 0.736. The zero-order chi connectivity index (χ0) is 20.0. The summed E-state index contributed by atoms with van der Waals surface area (Å²) >= 11 is 0. The lowest BCUT2D eigenvalue weighted by Gasteiger charge is -2.47. The first-order valence-corrected chi connectivity index (χ1v) is 10.4. The number of morpholine rings is 1. The van der Waals surface area contributed by atoms with E-state index in [0.29, 0.717) is 32.9 Å². The van der Waals surface area contributed by atoms with Crippen LogP contribution in [0.1, 0.15) is 38.2 Å². The van der Waals surface area contributed by atoms with E-state index in [1.54, 1.807) is 7.11 Å². The molecule has 2 unspecified atom stereocenters. The average Bonchev–Trinajstić information content (AvgIpc) is 2.95. The molecule has 28 heavy (non-hydrogen) atoms. The van der Waals surface area contributed by atoms with Gasteiger partial charge in [-0.15, -0.1) is 0 Å². The van der Waals surface area contributed by atoms with Gasteiger partial charge in [0.2, 0.25) is 5.91 Å². The molecule has 2 aliphatic rings. The van der Waals surface area contributed by atoms with E-state index in [1.807, 2.05) is 36.1 Å². The van der Waals surface area contributed by atoms with Crippen molar-refractivity contribution in [2.24, 2.45) is 0 Å². The topological polar surface area (TPSA) is 51.2 Å². The predicted molar refractivity (Wildman–Crippen MR) is 109 cm³/mol. The molecular weight excluding hydrogens is 356 g/mol. The molecule has 2 heterocycles. The number of nitrogens with zero attached hydrogens (tertiary/aromatic N) is 2. The van der Waals surface area contributed by atoms with Gasteiger partial charge in [-0.05, 0) is 37.6 Å². The SMILES string of the molecule is CCCCN1CCOCC12COCCN(C(=O)C(C)c1cccc(OC)c1)C2. The van der Waals surface area contributed by atoms with Gasteiger partial charge in [-0.1, -0.05) is 25.5 Å². The second kappa shape index (κ2) is 9.72. The van der Waals surface area contributed by atoms with Crippen LogP contribution in [0.2, 0.25) is 0 Å². The maximum absolute atomic E-state index is 13.4. The Morgan fingerprint density at radius 1 is 1.25 bits per heavy atom. The van der Waals surface area contributed by atoms with Gasteiger partial charge >= 0.3 is 0 Å². The molecule has 6 heteroatoms. The Bertz CT molecular complexity index is 653. The van der Waals surface area contributed by atoms with E-state index in [-0.39, 0.29) is 17.4 Å². The van der Waals surface area contributed by atoms with Crippen molar-refractivity contribution < 1.29 is 19.0 Å². The number of carbonyl (C=O) groups is 1. The Morgan fingerprint density at radius 2 is 2.00 bits per heavy atom. The maximum Gasteiger partial charge on any atom is 0.229 e. The first kappa shape index (κ1) is 21.1. The number of unbranched alkanes of at least 4 members (excludes halogenated alkanes) is 1. The molecule has 2 fully saturated rings. The summed E-state index contributed by atoms with van der Waals surface area (Å²) in [6, 6.07) is 7.78. The zero-order valence-corrected chi connectivity index (χ0v) is 17.5. The van der Waals surface area contributed by atoms with Crippen molar-refractivity contribution in [1.29, 1.82) is 0 Å². The molecular formula is C22H34N2O4. The van der Waals surface area contributed by atoms with Crippen LogP contribution in [0.5, 0.6) is 5.75 Å². The number of ether oxygens (including phenoxy) is 3. The van der Waals surface area contributed by atoms with E-state index in [0.717, 1.165) is 43.9 Å². The Morgan fingerprint density at radius 3 is 2.71 bits per heavy atom. The van der Waals surface area contributed by atoms with Crippen LogP contribution in [0.4, 0.5) is 0 Å². The quantitative estimate of drug-likeness (QED) is 0.747. The Kier molecular flexibility index (Phi) is 7.32. The summed E-state index contributed by atoms with van der Waals surface area (Å²) in [5.74, 6) is 0.692. The third-order valence-electron chi connectivity index (χ3n) is 5.97. The van der Waals surface area contributed by atoms with Gasteiger partial charge in [0.25, 0.3) is 0 Å². The van der Waals surface area contributed by atoms with Gasteiger partial charge in [-0.2, -0.15) is 0 Å². The van der Waals surface area contributed by atoms with Crippen LogP contribution in [0.25, 0.3) is 0 Å². The first-order valence-electron chi connectivity index (χ1n) is 10.4. The fourth-order valence-electron chi connectivity index (χ4n) is 4.17. The van der Waals surface area contributed by atoms with Gasteiger partial charge < -0.3 is 19.1 Å². The van der Waals surface area contributed by atoms with Crippen molar-refractivity contribution in [3.8, 4) is 5.75 Å². The number of hydrogen-bond acceptors (Lipinski definition) is 5. The minimum absolute atomic E-state index is 0.138. The van der Waals surface area contributed by atoms with Crippen molar-refractivity contribution in [3.63, 3.8) is 0 Å². The molecule has 2 saturated heterocycles. The standard InChI is InChI=1S/C22H34N2O4/c1-4-5-9-24-11-13-28-17-22(24)15-23(10-12-27-16-22)21(25)18(2)19-7-6-8-20(14-19)26-3/h6-8,14,18H,4-5,9-13,15-17H2,1-3H3. The molecule has 0 saturated carbocycles. The molecule has 1 amide bonds. The summed E-state index contributed by atoms with van der Waals surface area (Å²) in [6.45, 7) is 9.94. The van der Waals surface area contributed by atoms with Crippen LogP contribution in [0.3, 0.4) is 0 Å². The van der Waals surface area contributed by atoms with Gasteiger partial charge in [0, 0.05) is 19.6 Å². The normalized spacial score (nSPS) is 24.8. The van der Waals surface area contributed by atoms with Crippen LogP contribution in [-0.4, -0.2) is 81.0 Å². The highest BCUT2D eigenvalue weighted by Crippen LogP contribution is 2.28.